The van der Waals surface area contributed by atoms with Gasteiger partial charge in [-0.1, -0.05) is 6.07 Å². The molecule has 5 heteroatoms. The molecule has 5 nitrogen and oxygen atoms in total. The summed E-state index contributed by atoms with van der Waals surface area (Å²) in [4.78, 5) is 13.7. The predicted molar refractivity (Wildman–Crippen MR) is 60.5 cm³/mol. The summed E-state index contributed by atoms with van der Waals surface area (Å²) >= 11 is 0. The van der Waals surface area contributed by atoms with Crippen molar-refractivity contribution in [1.29, 1.82) is 0 Å². The standard InChI is InChI=1S/C11H13N3O2/c12-8-2-1-3-9-11(8)16-6-7-4-13-5-10(15)14(7)9/h1-3,7,13H,4-6,12H2. The molecule has 1 fully saturated rings. The van der Waals surface area contributed by atoms with Gasteiger partial charge < -0.3 is 15.8 Å². The lowest BCUT2D eigenvalue weighted by atomic mass is 10.1. The molecule has 3 rings (SSSR count). The van der Waals surface area contributed by atoms with E-state index in [9.17, 15) is 4.79 Å². The third-order valence-electron chi connectivity index (χ3n) is 2.99. The van der Waals surface area contributed by atoms with Gasteiger partial charge in [-0.15, -0.1) is 0 Å². The van der Waals surface area contributed by atoms with Crippen molar-refractivity contribution in [3.63, 3.8) is 0 Å². The van der Waals surface area contributed by atoms with Crippen molar-refractivity contribution < 1.29 is 9.53 Å². The van der Waals surface area contributed by atoms with E-state index in [4.69, 9.17) is 10.5 Å². The van der Waals surface area contributed by atoms with E-state index in [1.54, 1.807) is 11.0 Å². The maximum Gasteiger partial charge on any atom is 0.241 e. The Bertz CT molecular complexity index is 447. The predicted octanol–water partition coefficient (Wildman–Crippen LogP) is -0.0340. The largest absolute Gasteiger partial charge is 0.487 e. The Labute approximate surface area is 93.2 Å². The van der Waals surface area contributed by atoms with Gasteiger partial charge in [0, 0.05) is 6.54 Å². The zero-order valence-electron chi connectivity index (χ0n) is 8.77. The summed E-state index contributed by atoms with van der Waals surface area (Å²) in [5, 5.41) is 3.08. The van der Waals surface area contributed by atoms with Crippen LogP contribution in [0.3, 0.4) is 0 Å². The van der Waals surface area contributed by atoms with Crippen LogP contribution in [-0.4, -0.2) is 31.6 Å². The van der Waals surface area contributed by atoms with E-state index in [0.29, 0.717) is 24.6 Å². The van der Waals surface area contributed by atoms with Crippen molar-refractivity contribution in [2.75, 3.05) is 30.3 Å². The van der Waals surface area contributed by atoms with Crippen LogP contribution in [0.15, 0.2) is 18.2 Å². The van der Waals surface area contributed by atoms with Crippen LogP contribution >= 0.6 is 0 Å². The van der Waals surface area contributed by atoms with Gasteiger partial charge in [0.1, 0.15) is 6.61 Å². The van der Waals surface area contributed by atoms with Crippen LogP contribution in [0, 0.1) is 0 Å². The second-order valence-electron chi connectivity index (χ2n) is 4.05. The quantitative estimate of drug-likeness (QED) is 0.601. The van der Waals surface area contributed by atoms with Gasteiger partial charge in [0.25, 0.3) is 0 Å². The number of benzene rings is 1. The van der Waals surface area contributed by atoms with E-state index in [-0.39, 0.29) is 11.9 Å². The number of fused-ring (bicyclic) bond motifs is 3. The van der Waals surface area contributed by atoms with Gasteiger partial charge in [-0.05, 0) is 12.1 Å². The molecule has 84 valence electrons. The fourth-order valence-corrected chi connectivity index (χ4v) is 2.26. The summed E-state index contributed by atoms with van der Waals surface area (Å²) in [7, 11) is 0. The Morgan fingerprint density at radius 3 is 3.25 bits per heavy atom. The third kappa shape index (κ3) is 1.25. The first-order valence-electron chi connectivity index (χ1n) is 5.31. The van der Waals surface area contributed by atoms with Gasteiger partial charge in [-0.2, -0.15) is 0 Å². The molecule has 1 saturated heterocycles. The molecular formula is C11H13N3O2. The molecule has 1 unspecified atom stereocenters. The maximum atomic E-state index is 11.9. The number of rotatable bonds is 0. The number of piperazine rings is 1. The second-order valence-corrected chi connectivity index (χ2v) is 4.05. The van der Waals surface area contributed by atoms with Gasteiger partial charge in [0.05, 0.1) is 24.0 Å². The number of carbonyl (C=O) groups excluding carboxylic acids is 1. The number of anilines is 2. The highest BCUT2D eigenvalue weighted by molar-refractivity contribution is 5.99. The number of nitrogen functional groups attached to an aromatic ring is 1. The molecule has 2 aliphatic rings. The minimum atomic E-state index is 0.0754. The lowest BCUT2D eigenvalue weighted by molar-refractivity contribution is -0.119. The monoisotopic (exact) mass is 219 g/mol. The fraction of sp³-hybridized carbons (Fsp3) is 0.364. The minimum absolute atomic E-state index is 0.0754. The van der Waals surface area contributed by atoms with Crippen LogP contribution in [0.4, 0.5) is 11.4 Å². The summed E-state index contributed by atoms with van der Waals surface area (Å²) in [5.41, 5.74) is 7.21. The molecule has 1 aromatic carbocycles. The Morgan fingerprint density at radius 1 is 1.50 bits per heavy atom. The van der Waals surface area contributed by atoms with Gasteiger partial charge >= 0.3 is 0 Å². The molecule has 0 spiro atoms. The molecule has 2 aliphatic heterocycles. The lowest BCUT2D eigenvalue weighted by Gasteiger charge is -2.40. The average molecular weight is 219 g/mol. The van der Waals surface area contributed by atoms with Gasteiger partial charge in [-0.3, -0.25) is 9.69 Å². The first kappa shape index (κ1) is 9.47. The first-order valence-corrected chi connectivity index (χ1v) is 5.31. The molecule has 1 amide bonds. The van der Waals surface area contributed by atoms with Crippen LogP contribution in [0.25, 0.3) is 0 Å². The Hall–Kier alpha value is -1.75. The number of carbonyl (C=O) groups is 1. The zero-order chi connectivity index (χ0) is 11.1. The highest BCUT2D eigenvalue weighted by Crippen LogP contribution is 2.38. The Balaban J connectivity index is 2.09. The molecule has 1 aromatic rings. The molecule has 0 radical (unpaired) electrons. The summed E-state index contributed by atoms with van der Waals surface area (Å²) in [6.45, 7) is 1.64. The normalized spacial score (nSPS) is 23.4. The Kier molecular flexibility index (Phi) is 2.00. The molecule has 16 heavy (non-hydrogen) atoms. The van der Waals surface area contributed by atoms with Gasteiger partial charge in [-0.25, -0.2) is 0 Å². The third-order valence-corrected chi connectivity index (χ3v) is 2.99. The van der Waals surface area contributed by atoms with E-state index < -0.39 is 0 Å². The number of hydrogen-bond donors (Lipinski definition) is 2. The maximum absolute atomic E-state index is 11.9. The molecule has 2 heterocycles. The van der Waals surface area contributed by atoms with Gasteiger partial charge in [0.15, 0.2) is 5.75 Å². The fourth-order valence-electron chi connectivity index (χ4n) is 2.26. The van der Waals surface area contributed by atoms with E-state index in [2.05, 4.69) is 5.32 Å². The van der Waals surface area contributed by atoms with Crippen molar-refractivity contribution in [2.45, 2.75) is 6.04 Å². The van der Waals surface area contributed by atoms with Crippen LogP contribution in [-0.2, 0) is 4.79 Å². The van der Waals surface area contributed by atoms with Crippen molar-refractivity contribution in [1.82, 2.24) is 5.32 Å². The molecule has 0 bridgehead atoms. The van der Waals surface area contributed by atoms with E-state index >= 15 is 0 Å². The van der Waals surface area contributed by atoms with Gasteiger partial charge in [0.2, 0.25) is 5.91 Å². The summed E-state index contributed by atoms with van der Waals surface area (Å²) in [6, 6.07) is 5.58. The molecule has 0 aliphatic carbocycles. The topological polar surface area (TPSA) is 67.6 Å². The van der Waals surface area contributed by atoms with Crippen molar-refractivity contribution in [3.8, 4) is 5.75 Å². The van der Waals surface area contributed by atoms with E-state index in [0.717, 1.165) is 12.2 Å². The number of hydrogen-bond acceptors (Lipinski definition) is 4. The van der Waals surface area contributed by atoms with E-state index in [1.807, 2.05) is 12.1 Å². The highest BCUT2D eigenvalue weighted by atomic mass is 16.5. The number of nitrogens with zero attached hydrogens (tertiary/aromatic N) is 1. The lowest BCUT2D eigenvalue weighted by Crippen LogP contribution is -2.59. The zero-order valence-corrected chi connectivity index (χ0v) is 8.77. The molecule has 1 atom stereocenters. The Morgan fingerprint density at radius 2 is 2.38 bits per heavy atom. The van der Waals surface area contributed by atoms with Crippen LogP contribution < -0.4 is 20.7 Å². The minimum Gasteiger partial charge on any atom is -0.487 e. The first-order chi connectivity index (χ1) is 7.77. The van der Waals surface area contributed by atoms with E-state index in [1.165, 1.54) is 0 Å². The number of amides is 1. The second kappa shape index (κ2) is 3.38. The summed E-state index contributed by atoms with van der Waals surface area (Å²) < 4.78 is 5.61. The van der Waals surface area contributed by atoms with Crippen molar-refractivity contribution in [3.05, 3.63) is 18.2 Å². The number of ether oxygens (including phenoxy) is 1. The van der Waals surface area contributed by atoms with Crippen LogP contribution in [0.5, 0.6) is 5.75 Å². The molecular weight excluding hydrogens is 206 g/mol. The van der Waals surface area contributed by atoms with Crippen LogP contribution in [0.2, 0.25) is 0 Å². The molecule has 3 N–H and O–H groups in total. The summed E-state index contributed by atoms with van der Waals surface area (Å²) in [5.74, 6) is 0.709. The van der Waals surface area contributed by atoms with Crippen LogP contribution in [0.1, 0.15) is 0 Å². The summed E-state index contributed by atoms with van der Waals surface area (Å²) in [6.07, 6.45) is 0. The highest BCUT2D eigenvalue weighted by Gasteiger charge is 2.35. The SMILES string of the molecule is Nc1cccc2c1OCC1CNCC(=O)N21. The van der Waals surface area contributed by atoms with Crippen molar-refractivity contribution >= 4 is 17.3 Å². The molecule has 0 saturated carbocycles. The molecule has 0 aromatic heterocycles. The number of nitrogens with one attached hydrogen (secondary N) is 1. The number of para-hydroxylation sites is 1. The number of nitrogens with two attached hydrogens (primary N) is 1. The smallest absolute Gasteiger partial charge is 0.241 e. The average Bonchev–Trinajstić information content (AvgIpc) is 2.29. The van der Waals surface area contributed by atoms with Crippen molar-refractivity contribution in [2.24, 2.45) is 0 Å².